The Hall–Kier alpha value is -0.730. The summed E-state index contributed by atoms with van der Waals surface area (Å²) >= 11 is 6.32. The van der Waals surface area contributed by atoms with Crippen molar-refractivity contribution >= 4 is 17.3 Å². The van der Waals surface area contributed by atoms with Gasteiger partial charge in [-0.2, -0.15) is 0 Å². The molecule has 0 fully saturated rings. The monoisotopic (exact) mass is 254 g/mol. The fourth-order valence-electron chi connectivity index (χ4n) is 1.91. The summed E-state index contributed by atoms with van der Waals surface area (Å²) in [5, 5.41) is 4.04. The van der Waals surface area contributed by atoms with Crippen LogP contribution in [0, 0.1) is 5.92 Å². The van der Waals surface area contributed by atoms with Gasteiger partial charge in [0.1, 0.15) is 0 Å². The maximum atomic E-state index is 6.32. The van der Waals surface area contributed by atoms with Crippen LogP contribution in [0.3, 0.4) is 0 Å². The topological polar surface area (TPSA) is 15.3 Å². The van der Waals surface area contributed by atoms with Gasteiger partial charge in [-0.25, -0.2) is 0 Å². The second kappa shape index (κ2) is 6.27. The Morgan fingerprint density at radius 3 is 2.41 bits per heavy atom. The Bertz CT molecular complexity index is 363. The Kier molecular flexibility index (Phi) is 5.29. The van der Waals surface area contributed by atoms with Crippen molar-refractivity contribution in [3.8, 4) is 0 Å². The van der Waals surface area contributed by atoms with Crippen molar-refractivity contribution in [2.75, 3.05) is 25.5 Å². The molecule has 17 heavy (non-hydrogen) atoms. The van der Waals surface area contributed by atoms with E-state index in [-0.39, 0.29) is 6.04 Å². The Morgan fingerprint density at radius 2 is 1.94 bits per heavy atom. The zero-order chi connectivity index (χ0) is 13.0. The Balaban J connectivity index is 2.88. The van der Waals surface area contributed by atoms with Crippen molar-refractivity contribution in [1.29, 1.82) is 0 Å². The van der Waals surface area contributed by atoms with Crippen LogP contribution in [0.2, 0.25) is 5.02 Å². The largest absolute Gasteiger partial charge is 0.374 e. The number of hydrogen-bond donors (Lipinski definition) is 1. The number of hydrogen-bond acceptors (Lipinski definition) is 2. The summed E-state index contributed by atoms with van der Waals surface area (Å²) in [6.45, 7) is 7.58. The standard InChI is InChI=1S/C14H23ClN2/c1-10(2)9-17(5)12-6-7-13(11(3)16-4)14(15)8-12/h6-8,10-11,16H,9H2,1-5H3. The molecule has 0 saturated carbocycles. The van der Waals surface area contributed by atoms with Crippen LogP contribution in [-0.2, 0) is 0 Å². The molecular formula is C14H23ClN2. The number of halogens is 1. The molecule has 0 saturated heterocycles. The van der Waals surface area contributed by atoms with Gasteiger partial charge in [-0.1, -0.05) is 31.5 Å². The number of nitrogens with one attached hydrogen (secondary N) is 1. The fourth-order valence-corrected chi connectivity index (χ4v) is 2.25. The molecule has 1 rings (SSSR count). The first kappa shape index (κ1) is 14.3. The van der Waals surface area contributed by atoms with E-state index < -0.39 is 0 Å². The van der Waals surface area contributed by atoms with E-state index in [9.17, 15) is 0 Å². The third-order valence-electron chi connectivity index (χ3n) is 2.96. The van der Waals surface area contributed by atoms with Crippen LogP contribution in [0.5, 0.6) is 0 Å². The van der Waals surface area contributed by atoms with Gasteiger partial charge in [0.15, 0.2) is 0 Å². The Labute approximate surface area is 110 Å². The summed E-state index contributed by atoms with van der Waals surface area (Å²) in [4.78, 5) is 2.24. The van der Waals surface area contributed by atoms with E-state index in [1.54, 1.807) is 0 Å². The molecule has 0 aromatic heterocycles. The highest BCUT2D eigenvalue weighted by Gasteiger charge is 2.10. The highest BCUT2D eigenvalue weighted by atomic mass is 35.5. The SMILES string of the molecule is CNC(C)c1ccc(N(C)CC(C)C)cc1Cl. The van der Waals surface area contributed by atoms with Crippen LogP contribution in [0.4, 0.5) is 5.69 Å². The molecule has 0 amide bonds. The van der Waals surface area contributed by atoms with E-state index in [4.69, 9.17) is 11.6 Å². The normalized spacial score (nSPS) is 12.9. The summed E-state index contributed by atoms with van der Waals surface area (Å²) in [5.41, 5.74) is 2.33. The molecule has 1 N–H and O–H groups in total. The summed E-state index contributed by atoms with van der Waals surface area (Å²) in [5.74, 6) is 0.648. The van der Waals surface area contributed by atoms with Crippen molar-refractivity contribution in [3.63, 3.8) is 0 Å². The lowest BCUT2D eigenvalue weighted by molar-refractivity contribution is 0.637. The van der Waals surface area contributed by atoms with E-state index in [0.717, 1.165) is 17.1 Å². The Morgan fingerprint density at radius 1 is 1.29 bits per heavy atom. The lowest BCUT2D eigenvalue weighted by Gasteiger charge is -2.23. The van der Waals surface area contributed by atoms with Gasteiger partial charge in [0.25, 0.3) is 0 Å². The van der Waals surface area contributed by atoms with Gasteiger partial charge in [0.05, 0.1) is 0 Å². The second-order valence-corrected chi connectivity index (χ2v) is 5.40. The molecule has 0 heterocycles. The van der Waals surface area contributed by atoms with Gasteiger partial charge in [-0.05, 0) is 37.6 Å². The van der Waals surface area contributed by atoms with Crippen LogP contribution >= 0.6 is 11.6 Å². The van der Waals surface area contributed by atoms with Gasteiger partial charge in [0.2, 0.25) is 0 Å². The van der Waals surface area contributed by atoms with Crippen LogP contribution in [0.25, 0.3) is 0 Å². The van der Waals surface area contributed by atoms with E-state index in [0.29, 0.717) is 5.92 Å². The summed E-state index contributed by atoms with van der Waals surface area (Å²) < 4.78 is 0. The molecule has 0 bridgehead atoms. The number of benzene rings is 1. The molecule has 1 atom stereocenters. The molecule has 1 aromatic rings. The summed E-state index contributed by atoms with van der Waals surface area (Å²) in [6.07, 6.45) is 0. The van der Waals surface area contributed by atoms with Crippen molar-refractivity contribution in [1.82, 2.24) is 5.32 Å². The first-order valence-electron chi connectivity index (χ1n) is 6.13. The van der Waals surface area contributed by atoms with Gasteiger partial charge in [0, 0.05) is 30.3 Å². The van der Waals surface area contributed by atoms with E-state index in [2.05, 4.69) is 50.2 Å². The molecule has 96 valence electrons. The minimum absolute atomic E-state index is 0.284. The third-order valence-corrected chi connectivity index (χ3v) is 3.29. The third kappa shape index (κ3) is 3.90. The maximum Gasteiger partial charge on any atom is 0.0474 e. The van der Waals surface area contributed by atoms with Gasteiger partial charge < -0.3 is 10.2 Å². The fraction of sp³-hybridized carbons (Fsp3) is 0.571. The highest BCUT2D eigenvalue weighted by Crippen LogP contribution is 2.27. The first-order valence-corrected chi connectivity index (χ1v) is 6.51. The molecule has 1 unspecified atom stereocenters. The minimum atomic E-state index is 0.284. The van der Waals surface area contributed by atoms with E-state index >= 15 is 0 Å². The molecule has 0 radical (unpaired) electrons. The second-order valence-electron chi connectivity index (χ2n) is 4.99. The smallest absolute Gasteiger partial charge is 0.0474 e. The molecule has 0 aliphatic carbocycles. The van der Waals surface area contributed by atoms with Crippen molar-refractivity contribution in [2.24, 2.45) is 5.92 Å². The summed E-state index contributed by atoms with van der Waals surface area (Å²) in [7, 11) is 4.05. The van der Waals surface area contributed by atoms with Gasteiger partial charge >= 0.3 is 0 Å². The number of anilines is 1. The maximum absolute atomic E-state index is 6.32. The van der Waals surface area contributed by atoms with E-state index in [1.807, 2.05) is 13.1 Å². The molecule has 0 aliphatic rings. The van der Waals surface area contributed by atoms with Gasteiger partial charge in [-0.15, -0.1) is 0 Å². The highest BCUT2D eigenvalue weighted by molar-refractivity contribution is 6.31. The predicted molar refractivity (Wildman–Crippen MR) is 77.0 cm³/mol. The van der Waals surface area contributed by atoms with Crippen LogP contribution in [-0.4, -0.2) is 20.6 Å². The van der Waals surface area contributed by atoms with Gasteiger partial charge in [-0.3, -0.25) is 0 Å². The number of nitrogens with zero attached hydrogens (tertiary/aromatic N) is 1. The van der Waals surface area contributed by atoms with Crippen LogP contribution in [0.15, 0.2) is 18.2 Å². The van der Waals surface area contributed by atoms with Crippen molar-refractivity contribution in [3.05, 3.63) is 28.8 Å². The lowest BCUT2D eigenvalue weighted by atomic mass is 10.1. The summed E-state index contributed by atoms with van der Waals surface area (Å²) in [6, 6.07) is 6.58. The zero-order valence-corrected chi connectivity index (χ0v) is 12.2. The average molecular weight is 255 g/mol. The molecule has 0 aliphatic heterocycles. The first-order chi connectivity index (χ1) is 7.95. The molecule has 3 heteroatoms. The zero-order valence-electron chi connectivity index (χ0n) is 11.4. The van der Waals surface area contributed by atoms with Crippen LogP contribution in [0.1, 0.15) is 32.4 Å². The predicted octanol–water partition coefficient (Wildman–Crippen LogP) is 3.71. The minimum Gasteiger partial charge on any atom is -0.374 e. The average Bonchev–Trinajstić information content (AvgIpc) is 2.27. The quantitative estimate of drug-likeness (QED) is 0.862. The van der Waals surface area contributed by atoms with Crippen LogP contribution < -0.4 is 10.2 Å². The molecular weight excluding hydrogens is 232 g/mol. The van der Waals surface area contributed by atoms with Crippen molar-refractivity contribution in [2.45, 2.75) is 26.8 Å². The number of rotatable bonds is 5. The molecule has 1 aromatic carbocycles. The molecule has 2 nitrogen and oxygen atoms in total. The lowest BCUT2D eigenvalue weighted by Crippen LogP contribution is -2.22. The van der Waals surface area contributed by atoms with Crippen molar-refractivity contribution < 1.29 is 0 Å². The van der Waals surface area contributed by atoms with E-state index in [1.165, 1.54) is 5.69 Å². The molecule has 0 spiro atoms.